The molecule has 24 heavy (non-hydrogen) atoms. The minimum Gasteiger partial charge on any atom is -0.508 e. The van der Waals surface area contributed by atoms with Crippen molar-refractivity contribution in [1.82, 2.24) is 9.97 Å². The summed E-state index contributed by atoms with van der Waals surface area (Å²) in [6.07, 6.45) is 1.38. The van der Waals surface area contributed by atoms with Crippen molar-refractivity contribution in [1.29, 1.82) is 0 Å². The summed E-state index contributed by atoms with van der Waals surface area (Å²) in [4.78, 5) is 19.0. The number of fused-ring (bicyclic) bond motifs is 1. The maximum atomic E-state index is 11.2. The van der Waals surface area contributed by atoms with Crippen LogP contribution in [0.5, 0.6) is 11.5 Å². The number of nitro benzene ring substituents is 1. The number of phenols is 1. The second-order valence-corrected chi connectivity index (χ2v) is 5.14. The maximum Gasteiger partial charge on any atom is 0.296 e. The Balaban J connectivity index is 2.13. The SMILES string of the molecule is COc1cc2c(Nc3ccc(O)cc3[N+](=O)[O-])ncnc2cc1C. The Kier molecular flexibility index (Phi) is 3.87. The van der Waals surface area contributed by atoms with E-state index in [1.165, 1.54) is 18.5 Å². The molecule has 2 aromatic carbocycles. The Hall–Kier alpha value is -3.42. The van der Waals surface area contributed by atoms with E-state index in [1.807, 2.05) is 13.0 Å². The van der Waals surface area contributed by atoms with Crippen LogP contribution in [0.1, 0.15) is 5.56 Å². The molecule has 8 nitrogen and oxygen atoms in total. The smallest absolute Gasteiger partial charge is 0.296 e. The number of hydrogen-bond donors (Lipinski definition) is 2. The summed E-state index contributed by atoms with van der Waals surface area (Å²) in [7, 11) is 1.57. The van der Waals surface area contributed by atoms with Crippen LogP contribution < -0.4 is 10.1 Å². The van der Waals surface area contributed by atoms with Crippen molar-refractivity contribution in [3.63, 3.8) is 0 Å². The molecule has 0 aliphatic carbocycles. The van der Waals surface area contributed by atoms with Gasteiger partial charge in [-0.2, -0.15) is 0 Å². The van der Waals surface area contributed by atoms with Gasteiger partial charge in [-0.3, -0.25) is 10.1 Å². The second-order valence-electron chi connectivity index (χ2n) is 5.14. The van der Waals surface area contributed by atoms with Crippen LogP contribution in [-0.4, -0.2) is 27.1 Å². The summed E-state index contributed by atoms with van der Waals surface area (Å²) in [5, 5.41) is 24.2. The van der Waals surface area contributed by atoms with Gasteiger partial charge in [-0.1, -0.05) is 0 Å². The lowest BCUT2D eigenvalue weighted by atomic mass is 10.1. The van der Waals surface area contributed by atoms with Crippen LogP contribution in [0.3, 0.4) is 0 Å². The average Bonchev–Trinajstić information content (AvgIpc) is 2.55. The van der Waals surface area contributed by atoms with Gasteiger partial charge in [0.25, 0.3) is 5.69 Å². The van der Waals surface area contributed by atoms with Crippen molar-refractivity contribution >= 4 is 28.1 Å². The van der Waals surface area contributed by atoms with Gasteiger partial charge in [0.1, 0.15) is 29.3 Å². The molecular formula is C16H14N4O4. The third kappa shape index (κ3) is 2.76. The number of rotatable bonds is 4. The van der Waals surface area contributed by atoms with E-state index in [0.29, 0.717) is 22.5 Å². The van der Waals surface area contributed by atoms with Gasteiger partial charge in [0.15, 0.2) is 0 Å². The summed E-state index contributed by atoms with van der Waals surface area (Å²) in [6, 6.07) is 7.50. The number of ether oxygens (including phenoxy) is 1. The molecule has 0 aliphatic rings. The lowest BCUT2D eigenvalue weighted by Crippen LogP contribution is -2.00. The maximum absolute atomic E-state index is 11.2. The van der Waals surface area contributed by atoms with E-state index >= 15 is 0 Å². The van der Waals surface area contributed by atoms with E-state index < -0.39 is 4.92 Å². The molecule has 8 heteroatoms. The fourth-order valence-corrected chi connectivity index (χ4v) is 2.41. The molecule has 3 rings (SSSR count). The number of nitro groups is 1. The first-order valence-electron chi connectivity index (χ1n) is 7.03. The highest BCUT2D eigenvalue weighted by Gasteiger charge is 2.17. The summed E-state index contributed by atoms with van der Waals surface area (Å²) >= 11 is 0. The second kappa shape index (κ2) is 5.99. The van der Waals surface area contributed by atoms with E-state index in [1.54, 1.807) is 13.2 Å². The summed E-state index contributed by atoms with van der Waals surface area (Å²) in [5.74, 6) is 0.893. The molecule has 1 aromatic heterocycles. The first-order chi connectivity index (χ1) is 11.5. The van der Waals surface area contributed by atoms with Gasteiger partial charge < -0.3 is 15.2 Å². The van der Waals surface area contributed by atoms with E-state index in [9.17, 15) is 15.2 Å². The highest BCUT2D eigenvalue weighted by Crippen LogP contribution is 2.33. The van der Waals surface area contributed by atoms with Crippen molar-refractivity contribution in [2.75, 3.05) is 12.4 Å². The molecule has 0 saturated carbocycles. The van der Waals surface area contributed by atoms with Gasteiger partial charge in [-0.15, -0.1) is 0 Å². The summed E-state index contributed by atoms with van der Waals surface area (Å²) in [6.45, 7) is 1.90. The third-order valence-electron chi connectivity index (χ3n) is 3.58. The predicted octanol–water partition coefficient (Wildman–Crippen LogP) is 3.30. The van der Waals surface area contributed by atoms with E-state index in [-0.39, 0.29) is 17.1 Å². The molecule has 0 bridgehead atoms. The van der Waals surface area contributed by atoms with Gasteiger partial charge in [0.2, 0.25) is 0 Å². The van der Waals surface area contributed by atoms with Crippen molar-refractivity contribution < 1.29 is 14.8 Å². The van der Waals surface area contributed by atoms with Crippen LogP contribution in [0.25, 0.3) is 10.9 Å². The number of methoxy groups -OCH3 is 1. The lowest BCUT2D eigenvalue weighted by Gasteiger charge is -2.11. The van der Waals surface area contributed by atoms with Crippen LogP contribution in [0, 0.1) is 17.0 Å². The zero-order chi connectivity index (χ0) is 17.3. The predicted molar refractivity (Wildman–Crippen MR) is 88.9 cm³/mol. The quantitative estimate of drug-likeness (QED) is 0.430. The molecule has 0 amide bonds. The number of phenolic OH excluding ortho intramolecular Hbond substituents is 1. The molecule has 0 saturated heterocycles. The molecule has 0 atom stereocenters. The Morgan fingerprint density at radius 3 is 2.75 bits per heavy atom. The molecular weight excluding hydrogens is 312 g/mol. The Morgan fingerprint density at radius 1 is 1.25 bits per heavy atom. The number of nitrogens with one attached hydrogen (secondary N) is 1. The van der Waals surface area contributed by atoms with E-state index in [4.69, 9.17) is 4.74 Å². The van der Waals surface area contributed by atoms with E-state index in [0.717, 1.165) is 11.6 Å². The zero-order valence-electron chi connectivity index (χ0n) is 13.0. The number of aryl methyl sites for hydroxylation is 1. The van der Waals surface area contributed by atoms with Crippen molar-refractivity contribution in [2.24, 2.45) is 0 Å². The largest absolute Gasteiger partial charge is 0.508 e. The van der Waals surface area contributed by atoms with Crippen molar-refractivity contribution in [2.45, 2.75) is 6.92 Å². The van der Waals surface area contributed by atoms with Crippen molar-refractivity contribution in [3.05, 3.63) is 52.3 Å². The summed E-state index contributed by atoms with van der Waals surface area (Å²) < 4.78 is 5.31. The fraction of sp³-hybridized carbons (Fsp3) is 0.125. The van der Waals surface area contributed by atoms with E-state index in [2.05, 4.69) is 15.3 Å². The number of hydrogen-bond acceptors (Lipinski definition) is 7. The van der Waals surface area contributed by atoms with Gasteiger partial charge in [0, 0.05) is 5.39 Å². The molecule has 122 valence electrons. The number of nitrogens with zero attached hydrogens (tertiary/aromatic N) is 3. The Labute approximate surface area is 136 Å². The minimum absolute atomic E-state index is 0.183. The highest BCUT2D eigenvalue weighted by molar-refractivity contribution is 5.93. The molecule has 0 radical (unpaired) electrons. The van der Waals surface area contributed by atoms with Crippen LogP contribution in [0.15, 0.2) is 36.7 Å². The van der Waals surface area contributed by atoms with Crippen LogP contribution in [-0.2, 0) is 0 Å². The topological polar surface area (TPSA) is 110 Å². The first-order valence-corrected chi connectivity index (χ1v) is 7.03. The summed E-state index contributed by atoms with van der Waals surface area (Å²) in [5.41, 5.74) is 1.58. The Bertz CT molecular complexity index is 943. The molecule has 0 fully saturated rings. The molecule has 3 aromatic rings. The molecule has 2 N–H and O–H groups in total. The number of benzene rings is 2. The number of aromatic nitrogens is 2. The van der Waals surface area contributed by atoms with Gasteiger partial charge in [0.05, 0.1) is 23.6 Å². The van der Waals surface area contributed by atoms with Gasteiger partial charge in [-0.25, -0.2) is 9.97 Å². The zero-order valence-corrected chi connectivity index (χ0v) is 13.0. The molecule has 0 spiro atoms. The normalized spacial score (nSPS) is 10.6. The standard InChI is InChI=1S/C16H14N4O4/c1-9-5-13-11(7-15(9)24-2)16(18-8-17-13)19-12-4-3-10(21)6-14(12)20(22)23/h3-8,21H,1-2H3,(H,17,18,19). The van der Waals surface area contributed by atoms with Crippen LogP contribution in [0.2, 0.25) is 0 Å². The third-order valence-corrected chi connectivity index (χ3v) is 3.58. The molecule has 0 unspecified atom stereocenters. The lowest BCUT2D eigenvalue weighted by molar-refractivity contribution is -0.384. The molecule has 0 aliphatic heterocycles. The Morgan fingerprint density at radius 2 is 2.04 bits per heavy atom. The number of aromatic hydroxyl groups is 1. The highest BCUT2D eigenvalue weighted by atomic mass is 16.6. The molecule has 1 heterocycles. The van der Waals surface area contributed by atoms with Crippen molar-refractivity contribution in [3.8, 4) is 11.5 Å². The fourth-order valence-electron chi connectivity index (χ4n) is 2.41. The minimum atomic E-state index is -0.573. The monoisotopic (exact) mass is 326 g/mol. The number of anilines is 2. The van der Waals surface area contributed by atoms with Crippen LogP contribution in [0.4, 0.5) is 17.2 Å². The van der Waals surface area contributed by atoms with Gasteiger partial charge >= 0.3 is 0 Å². The van der Waals surface area contributed by atoms with Gasteiger partial charge in [-0.05, 0) is 36.8 Å². The average molecular weight is 326 g/mol. The van der Waals surface area contributed by atoms with Crippen LogP contribution >= 0.6 is 0 Å². The first kappa shape index (κ1) is 15.5.